The molecule has 0 saturated carbocycles. The maximum Gasteiger partial charge on any atom is 0.336 e. The van der Waals surface area contributed by atoms with Crippen LogP contribution in [0.15, 0.2) is 88.7 Å². The second-order valence-corrected chi connectivity index (χ2v) is 8.03. The number of halogens is 1. The van der Waals surface area contributed by atoms with Gasteiger partial charge in [0.05, 0.1) is 13.0 Å². The smallest absolute Gasteiger partial charge is 0.336 e. The van der Waals surface area contributed by atoms with Gasteiger partial charge in [-0.15, -0.1) is 0 Å². The summed E-state index contributed by atoms with van der Waals surface area (Å²) < 4.78 is 17.1. The number of esters is 1. The Morgan fingerprint density at radius 1 is 1.09 bits per heavy atom. The number of allylic oxidation sites excluding steroid dienone is 1. The molecule has 4 rings (SSSR count). The van der Waals surface area contributed by atoms with Gasteiger partial charge in [0.25, 0.3) is 0 Å². The van der Waals surface area contributed by atoms with Crippen molar-refractivity contribution in [3.63, 3.8) is 0 Å². The van der Waals surface area contributed by atoms with Crippen molar-refractivity contribution >= 4 is 28.0 Å². The Kier molecular flexibility index (Phi) is 6.48. The fourth-order valence-corrected chi connectivity index (χ4v) is 4.07. The summed E-state index contributed by atoms with van der Waals surface area (Å²) in [7, 11) is 1.59. The number of nitrogens with two attached hydrogens (primary N) is 1. The Labute approximate surface area is 199 Å². The number of methoxy groups -OCH3 is 1. The van der Waals surface area contributed by atoms with E-state index in [4.69, 9.17) is 19.9 Å². The molecule has 3 aromatic carbocycles. The van der Waals surface area contributed by atoms with Crippen LogP contribution in [0.5, 0.6) is 17.2 Å². The SMILES string of the molecule is COc1ccc(/C=C/C(=O)Oc2ccc3c(c2)OC(N)=C(C#N)C3c2ccccc2Br)cc1. The minimum absolute atomic E-state index is 0.0219. The highest BCUT2D eigenvalue weighted by Crippen LogP contribution is 2.45. The highest BCUT2D eigenvalue weighted by atomic mass is 79.9. The van der Waals surface area contributed by atoms with Crippen LogP contribution in [-0.4, -0.2) is 13.1 Å². The van der Waals surface area contributed by atoms with E-state index in [2.05, 4.69) is 22.0 Å². The number of carbonyl (C=O) groups excluding carboxylic acids is 1. The molecule has 0 amide bonds. The van der Waals surface area contributed by atoms with Crippen molar-refractivity contribution in [2.45, 2.75) is 5.92 Å². The zero-order chi connectivity index (χ0) is 23.4. The molecule has 0 bridgehead atoms. The van der Waals surface area contributed by atoms with Crippen LogP contribution in [0.1, 0.15) is 22.6 Å². The predicted molar refractivity (Wildman–Crippen MR) is 128 cm³/mol. The first-order chi connectivity index (χ1) is 16.0. The summed E-state index contributed by atoms with van der Waals surface area (Å²) in [5, 5.41) is 9.70. The minimum Gasteiger partial charge on any atom is -0.497 e. The zero-order valence-corrected chi connectivity index (χ0v) is 19.2. The third kappa shape index (κ3) is 4.76. The van der Waals surface area contributed by atoms with Gasteiger partial charge in [-0.25, -0.2) is 4.79 Å². The molecule has 164 valence electrons. The molecule has 0 spiro atoms. The van der Waals surface area contributed by atoms with Crippen molar-refractivity contribution in [1.82, 2.24) is 0 Å². The molecule has 6 nitrogen and oxygen atoms in total. The Bertz CT molecular complexity index is 1310. The molecule has 3 aromatic rings. The summed E-state index contributed by atoms with van der Waals surface area (Å²) in [5.41, 5.74) is 8.85. The van der Waals surface area contributed by atoms with Crippen molar-refractivity contribution in [3.8, 4) is 23.3 Å². The van der Waals surface area contributed by atoms with Crippen molar-refractivity contribution in [1.29, 1.82) is 5.26 Å². The van der Waals surface area contributed by atoms with Crippen molar-refractivity contribution in [2.75, 3.05) is 7.11 Å². The van der Waals surface area contributed by atoms with E-state index >= 15 is 0 Å². The molecule has 0 saturated heterocycles. The molecular weight excluding hydrogens is 484 g/mol. The van der Waals surface area contributed by atoms with E-state index < -0.39 is 11.9 Å². The number of fused-ring (bicyclic) bond motifs is 1. The first-order valence-corrected chi connectivity index (χ1v) is 10.8. The lowest BCUT2D eigenvalue weighted by molar-refractivity contribution is -0.128. The Balaban J connectivity index is 1.58. The van der Waals surface area contributed by atoms with Gasteiger partial charge in [0.1, 0.15) is 28.9 Å². The van der Waals surface area contributed by atoms with Gasteiger partial charge >= 0.3 is 5.97 Å². The summed E-state index contributed by atoms with van der Waals surface area (Å²) in [6.45, 7) is 0. The van der Waals surface area contributed by atoms with Gasteiger partial charge in [0.15, 0.2) is 0 Å². The van der Waals surface area contributed by atoms with E-state index in [1.165, 1.54) is 6.08 Å². The maximum atomic E-state index is 12.3. The van der Waals surface area contributed by atoms with Gasteiger partial charge in [-0.3, -0.25) is 0 Å². The molecule has 1 atom stereocenters. The topological polar surface area (TPSA) is 94.6 Å². The number of nitrogens with zero attached hydrogens (tertiary/aromatic N) is 1. The van der Waals surface area contributed by atoms with Crippen LogP contribution >= 0.6 is 15.9 Å². The number of nitriles is 1. The van der Waals surface area contributed by atoms with E-state index in [1.807, 2.05) is 36.4 Å². The largest absolute Gasteiger partial charge is 0.497 e. The molecular formula is C26H19BrN2O4. The minimum atomic E-state index is -0.537. The number of rotatable bonds is 5. The monoisotopic (exact) mass is 502 g/mol. The molecule has 0 aromatic heterocycles. The molecule has 0 radical (unpaired) electrons. The zero-order valence-electron chi connectivity index (χ0n) is 17.6. The fraction of sp³-hybridized carbons (Fsp3) is 0.0769. The number of hydrogen-bond donors (Lipinski definition) is 1. The molecule has 1 aliphatic heterocycles. The number of hydrogen-bond acceptors (Lipinski definition) is 6. The third-order valence-corrected chi connectivity index (χ3v) is 5.88. The van der Waals surface area contributed by atoms with Gasteiger partial charge in [0, 0.05) is 22.2 Å². The number of benzene rings is 3. The van der Waals surface area contributed by atoms with Crippen molar-refractivity contribution in [2.24, 2.45) is 5.73 Å². The molecule has 1 aliphatic rings. The van der Waals surface area contributed by atoms with Gasteiger partial charge in [-0.1, -0.05) is 52.3 Å². The summed E-state index contributed by atoms with van der Waals surface area (Å²) in [6.07, 6.45) is 2.99. The van der Waals surface area contributed by atoms with Gasteiger partial charge in [0.2, 0.25) is 5.88 Å². The van der Waals surface area contributed by atoms with Crippen molar-refractivity contribution < 1.29 is 19.0 Å². The lowest BCUT2D eigenvalue weighted by Gasteiger charge is -2.27. The maximum absolute atomic E-state index is 12.3. The summed E-state index contributed by atoms with van der Waals surface area (Å²) in [4.78, 5) is 12.3. The summed E-state index contributed by atoms with van der Waals surface area (Å²) >= 11 is 3.55. The molecule has 0 fully saturated rings. The summed E-state index contributed by atoms with van der Waals surface area (Å²) in [6, 6.07) is 22.1. The van der Waals surface area contributed by atoms with Crippen LogP contribution in [-0.2, 0) is 4.79 Å². The second kappa shape index (κ2) is 9.63. The van der Waals surface area contributed by atoms with Crippen molar-refractivity contribution in [3.05, 3.63) is 105 Å². The van der Waals surface area contributed by atoms with Crippen LogP contribution in [0.25, 0.3) is 6.08 Å². The van der Waals surface area contributed by atoms with Crippen LogP contribution in [0.3, 0.4) is 0 Å². The molecule has 7 heteroatoms. The van der Waals surface area contributed by atoms with E-state index in [0.717, 1.165) is 26.9 Å². The standard InChI is InChI=1S/C26H19BrN2O4/c1-31-17-9-6-16(7-10-17)8-13-24(30)32-18-11-12-20-23(14-18)33-26(29)21(15-28)25(20)19-4-2-3-5-22(19)27/h2-14,25H,29H2,1H3/b13-8+. The normalized spacial score (nSPS) is 14.9. The Hall–Kier alpha value is -4.02. The molecule has 1 unspecified atom stereocenters. The van der Waals surface area contributed by atoms with Gasteiger partial charge in [-0.05, 0) is 41.5 Å². The van der Waals surface area contributed by atoms with E-state index in [9.17, 15) is 10.1 Å². The molecule has 1 heterocycles. The second-order valence-electron chi connectivity index (χ2n) is 7.17. The predicted octanol–water partition coefficient (Wildman–Crippen LogP) is 5.29. The number of ether oxygens (including phenoxy) is 3. The molecule has 0 aliphatic carbocycles. The summed E-state index contributed by atoms with van der Waals surface area (Å²) in [5.74, 6) is 0.541. The van der Waals surface area contributed by atoms with Crippen LogP contribution in [0, 0.1) is 11.3 Å². The first kappa shape index (κ1) is 22.2. The number of carbonyl (C=O) groups is 1. The van der Waals surface area contributed by atoms with E-state index in [-0.39, 0.29) is 5.88 Å². The first-order valence-electron chi connectivity index (χ1n) is 10.00. The van der Waals surface area contributed by atoms with Gasteiger partial charge < -0.3 is 19.9 Å². The highest BCUT2D eigenvalue weighted by molar-refractivity contribution is 9.10. The van der Waals surface area contributed by atoms with Crippen LogP contribution in [0.2, 0.25) is 0 Å². The highest BCUT2D eigenvalue weighted by Gasteiger charge is 2.32. The van der Waals surface area contributed by atoms with E-state index in [0.29, 0.717) is 17.1 Å². The lowest BCUT2D eigenvalue weighted by Crippen LogP contribution is -2.21. The third-order valence-electron chi connectivity index (χ3n) is 5.15. The molecule has 33 heavy (non-hydrogen) atoms. The van der Waals surface area contributed by atoms with E-state index in [1.54, 1.807) is 43.5 Å². The van der Waals surface area contributed by atoms with Crippen LogP contribution in [0.4, 0.5) is 0 Å². The van der Waals surface area contributed by atoms with Gasteiger partial charge in [-0.2, -0.15) is 5.26 Å². The Morgan fingerprint density at radius 3 is 2.52 bits per heavy atom. The quantitative estimate of drug-likeness (QED) is 0.289. The fourth-order valence-electron chi connectivity index (χ4n) is 3.56. The average molecular weight is 503 g/mol. The Morgan fingerprint density at radius 2 is 1.82 bits per heavy atom. The molecule has 2 N–H and O–H groups in total. The van der Waals surface area contributed by atoms with Crippen LogP contribution < -0.4 is 19.9 Å². The lowest BCUT2D eigenvalue weighted by atomic mass is 9.83. The average Bonchev–Trinajstić information content (AvgIpc) is 2.82.